The van der Waals surface area contributed by atoms with E-state index in [2.05, 4.69) is 10.2 Å². The highest BCUT2D eigenvalue weighted by atomic mass is 32.2. The number of nitrogens with zero attached hydrogens (tertiary/aromatic N) is 4. The zero-order valence-electron chi connectivity index (χ0n) is 9.49. The molecule has 2 heterocycles. The van der Waals surface area contributed by atoms with Gasteiger partial charge in [-0.15, -0.1) is 11.8 Å². The summed E-state index contributed by atoms with van der Waals surface area (Å²) in [7, 11) is 3.59. The van der Waals surface area contributed by atoms with Crippen molar-refractivity contribution in [1.29, 1.82) is 0 Å². The molecule has 0 aliphatic carbocycles. The number of carbonyl (C=O) groups is 1. The lowest BCUT2D eigenvalue weighted by atomic mass is 10.3. The standard InChI is InChI=1S/C10H12N4O2S/c1-13-5-7(3-11-13)17-6-9-8(10(15)16)4-12-14(9)2/h3-5H,6H2,1-2H3,(H,15,16). The number of rotatable bonds is 4. The van der Waals surface area contributed by atoms with Crippen LogP contribution in [0.1, 0.15) is 16.1 Å². The van der Waals surface area contributed by atoms with Crippen LogP contribution in [0.25, 0.3) is 0 Å². The molecule has 2 aromatic rings. The van der Waals surface area contributed by atoms with Crippen LogP contribution in [-0.4, -0.2) is 30.6 Å². The van der Waals surface area contributed by atoms with Crippen molar-refractivity contribution in [2.75, 3.05) is 0 Å². The zero-order valence-corrected chi connectivity index (χ0v) is 10.3. The fourth-order valence-corrected chi connectivity index (χ4v) is 2.43. The lowest BCUT2D eigenvalue weighted by molar-refractivity contribution is 0.0696. The number of aryl methyl sites for hydroxylation is 2. The molecule has 0 fully saturated rings. The second-order valence-electron chi connectivity index (χ2n) is 3.57. The summed E-state index contributed by atoms with van der Waals surface area (Å²) >= 11 is 1.54. The van der Waals surface area contributed by atoms with Gasteiger partial charge in [0.1, 0.15) is 5.56 Å². The molecule has 0 spiro atoms. The number of hydrogen-bond acceptors (Lipinski definition) is 4. The van der Waals surface area contributed by atoms with Crippen molar-refractivity contribution in [2.24, 2.45) is 14.1 Å². The Hall–Kier alpha value is -1.76. The van der Waals surface area contributed by atoms with Crippen LogP contribution in [0, 0.1) is 0 Å². The predicted molar refractivity (Wildman–Crippen MR) is 62.9 cm³/mol. The van der Waals surface area contributed by atoms with Gasteiger partial charge in [0, 0.05) is 30.9 Å². The van der Waals surface area contributed by atoms with Crippen LogP contribution in [0.15, 0.2) is 23.5 Å². The molecule has 0 saturated heterocycles. The molecule has 90 valence electrons. The molecular weight excluding hydrogens is 240 g/mol. The van der Waals surface area contributed by atoms with Gasteiger partial charge >= 0.3 is 5.97 Å². The number of aromatic nitrogens is 4. The Balaban J connectivity index is 2.13. The van der Waals surface area contributed by atoms with Crippen LogP contribution in [-0.2, 0) is 19.8 Å². The summed E-state index contributed by atoms with van der Waals surface area (Å²) in [6.45, 7) is 0. The molecule has 0 aromatic carbocycles. The van der Waals surface area contributed by atoms with Gasteiger partial charge in [0.05, 0.1) is 18.1 Å². The van der Waals surface area contributed by atoms with E-state index in [1.54, 1.807) is 22.6 Å². The van der Waals surface area contributed by atoms with Crippen molar-refractivity contribution in [2.45, 2.75) is 10.6 Å². The molecule has 0 radical (unpaired) electrons. The minimum atomic E-state index is -0.945. The van der Waals surface area contributed by atoms with E-state index >= 15 is 0 Å². The van der Waals surface area contributed by atoms with Gasteiger partial charge in [-0.2, -0.15) is 10.2 Å². The lowest BCUT2D eigenvalue weighted by Crippen LogP contribution is -2.03. The topological polar surface area (TPSA) is 72.9 Å². The summed E-state index contributed by atoms with van der Waals surface area (Å²) in [5.74, 6) is -0.385. The van der Waals surface area contributed by atoms with Crippen LogP contribution >= 0.6 is 11.8 Å². The Labute approximate surface area is 102 Å². The van der Waals surface area contributed by atoms with Crippen molar-refractivity contribution in [3.8, 4) is 0 Å². The normalized spacial score (nSPS) is 10.7. The summed E-state index contributed by atoms with van der Waals surface area (Å²) in [5, 5.41) is 17.0. The molecule has 0 bridgehead atoms. The molecule has 2 rings (SSSR count). The average Bonchev–Trinajstić information content (AvgIpc) is 2.82. The maximum absolute atomic E-state index is 11.0. The van der Waals surface area contributed by atoms with E-state index in [-0.39, 0.29) is 5.56 Å². The van der Waals surface area contributed by atoms with E-state index in [1.165, 1.54) is 18.0 Å². The molecule has 0 amide bonds. The Bertz CT molecular complexity index is 546. The first-order chi connectivity index (χ1) is 8.08. The Morgan fingerprint density at radius 2 is 2.18 bits per heavy atom. The van der Waals surface area contributed by atoms with Crippen molar-refractivity contribution in [3.05, 3.63) is 29.8 Å². The SMILES string of the molecule is Cn1cc(SCc2c(C(=O)O)cnn2C)cn1. The van der Waals surface area contributed by atoms with Crippen LogP contribution < -0.4 is 0 Å². The van der Waals surface area contributed by atoms with E-state index < -0.39 is 5.97 Å². The maximum Gasteiger partial charge on any atom is 0.339 e. The minimum Gasteiger partial charge on any atom is -0.478 e. The molecule has 2 aromatic heterocycles. The first-order valence-electron chi connectivity index (χ1n) is 4.93. The quantitative estimate of drug-likeness (QED) is 0.826. The van der Waals surface area contributed by atoms with E-state index in [4.69, 9.17) is 5.11 Å². The third-order valence-electron chi connectivity index (χ3n) is 2.35. The van der Waals surface area contributed by atoms with E-state index in [1.807, 2.05) is 13.2 Å². The van der Waals surface area contributed by atoms with Gasteiger partial charge in [-0.3, -0.25) is 9.36 Å². The highest BCUT2D eigenvalue weighted by molar-refractivity contribution is 7.98. The van der Waals surface area contributed by atoms with E-state index in [0.717, 1.165) is 4.90 Å². The summed E-state index contributed by atoms with van der Waals surface area (Å²) in [6.07, 6.45) is 5.02. The van der Waals surface area contributed by atoms with Gasteiger partial charge in [0.25, 0.3) is 0 Å². The average molecular weight is 252 g/mol. The fourth-order valence-electron chi connectivity index (χ4n) is 1.44. The van der Waals surface area contributed by atoms with Gasteiger partial charge in [0.2, 0.25) is 0 Å². The molecular formula is C10H12N4O2S. The molecule has 0 unspecified atom stereocenters. The van der Waals surface area contributed by atoms with Gasteiger partial charge in [0.15, 0.2) is 0 Å². The molecule has 6 nitrogen and oxygen atoms in total. The first kappa shape index (κ1) is 11.7. The zero-order chi connectivity index (χ0) is 12.4. The Kier molecular flexibility index (Phi) is 3.19. The van der Waals surface area contributed by atoms with Crippen LogP contribution in [0.3, 0.4) is 0 Å². The number of hydrogen-bond donors (Lipinski definition) is 1. The number of aromatic carboxylic acids is 1. The van der Waals surface area contributed by atoms with Crippen molar-refractivity contribution < 1.29 is 9.90 Å². The van der Waals surface area contributed by atoms with Crippen molar-refractivity contribution in [1.82, 2.24) is 19.6 Å². The van der Waals surface area contributed by atoms with Gasteiger partial charge < -0.3 is 5.11 Å². The Morgan fingerprint density at radius 3 is 2.76 bits per heavy atom. The smallest absolute Gasteiger partial charge is 0.339 e. The van der Waals surface area contributed by atoms with E-state index in [9.17, 15) is 4.79 Å². The first-order valence-corrected chi connectivity index (χ1v) is 5.92. The van der Waals surface area contributed by atoms with Gasteiger partial charge in [-0.05, 0) is 0 Å². The molecule has 0 saturated carbocycles. The molecule has 0 atom stereocenters. The molecule has 0 aliphatic rings. The second kappa shape index (κ2) is 4.62. The minimum absolute atomic E-state index is 0.254. The van der Waals surface area contributed by atoms with Gasteiger partial charge in [-0.1, -0.05) is 0 Å². The molecule has 0 aliphatic heterocycles. The molecule has 1 N–H and O–H groups in total. The maximum atomic E-state index is 11.0. The summed E-state index contributed by atoms with van der Waals surface area (Å²) in [6, 6.07) is 0. The third kappa shape index (κ3) is 2.50. The van der Waals surface area contributed by atoms with Gasteiger partial charge in [-0.25, -0.2) is 4.79 Å². The largest absolute Gasteiger partial charge is 0.478 e. The van der Waals surface area contributed by atoms with Crippen LogP contribution in [0.2, 0.25) is 0 Å². The number of carboxylic acid groups (broad SMARTS) is 1. The third-order valence-corrected chi connectivity index (χ3v) is 3.31. The van der Waals surface area contributed by atoms with E-state index in [0.29, 0.717) is 11.4 Å². The monoisotopic (exact) mass is 252 g/mol. The number of carboxylic acids is 1. The highest BCUT2D eigenvalue weighted by Gasteiger charge is 2.15. The summed E-state index contributed by atoms with van der Waals surface area (Å²) < 4.78 is 3.30. The highest BCUT2D eigenvalue weighted by Crippen LogP contribution is 2.23. The van der Waals surface area contributed by atoms with Crippen molar-refractivity contribution >= 4 is 17.7 Å². The van der Waals surface area contributed by atoms with Crippen molar-refractivity contribution in [3.63, 3.8) is 0 Å². The summed E-state index contributed by atoms with van der Waals surface area (Å²) in [4.78, 5) is 12.0. The molecule has 7 heteroatoms. The van der Waals surface area contributed by atoms with Crippen LogP contribution in [0.5, 0.6) is 0 Å². The molecule has 17 heavy (non-hydrogen) atoms. The lowest BCUT2D eigenvalue weighted by Gasteiger charge is -2.02. The predicted octanol–water partition coefficient (Wildman–Crippen LogP) is 1.14. The Morgan fingerprint density at radius 1 is 1.41 bits per heavy atom. The number of thioether (sulfide) groups is 1. The second-order valence-corrected chi connectivity index (χ2v) is 4.62. The summed E-state index contributed by atoms with van der Waals surface area (Å²) in [5.41, 5.74) is 0.954. The van der Waals surface area contributed by atoms with Crippen LogP contribution in [0.4, 0.5) is 0 Å². The fraction of sp³-hybridized carbons (Fsp3) is 0.300.